The van der Waals surface area contributed by atoms with E-state index in [4.69, 9.17) is 0 Å². The van der Waals surface area contributed by atoms with E-state index in [-0.39, 0.29) is 56.9 Å². The maximum Gasteiger partial charge on any atom is 1.00 e. The van der Waals surface area contributed by atoms with Crippen molar-refractivity contribution in [2.45, 2.75) is 0 Å². The monoisotopic (exact) mass is 240 g/mol. The van der Waals surface area contributed by atoms with Gasteiger partial charge in [-0.25, -0.2) is 0 Å². The first-order valence-corrected chi connectivity index (χ1v) is 3.74. The molecule has 0 spiro atoms. The molecule has 0 N–H and O–H groups in total. The van der Waals surface area contributed by atoms with Crippen LogP contribution in [0.1, 0.15) is 20.7 Å². The van der Waals surface area contributed by atoms with Gasteiger partial charge >= 0.3 is 58.4 Å². The summed E-state index contributed by atoms with van der Waals surface area (Å²) in [5.41, 5.74) is -2.05. The maximum absolute atomic E-state index is 12.0. The van der Waals surface area contributed by atoms with Crippen LogP contribution in [0.15, 0.2) is 24.3 Å². The standard InChI is InChI=1S/C8H5BF3O2.K/c10-9(11,12)8(14)7-3-1-6(5-13)2-4-7;/h1-5H;/q-1;+1. The summed E-state index contributed by atoms with van der Waals surface area (Å²) < 4.78 is 35.9. The third-order valence-corrected chi connectivity index (χ3v) is 1.63. The molecule has 0 heterocycles. The molecule has 2 nitrogen and oxygen atoms in total. The first-order valence-electron chi connectivity index (χ1n) is 3.74. The molecule has 1 aromatic carbocycles. The van der Waals surface area contributed by atoms with Crippen LogP contribution in [-0.4, -0.2) is 18.9 Å². The number of benzene rings is 1. The van der Waals surface area contributed by atoms with Gasteiger partial charge in [0.2, 0.25) is 0 Å². The Bertz CT molecular complexity index is 361. The number of carbonyl (C=O) groups excluding carboxylic acids is 2. The summed E-state index contributed by atoms with van der Waals surface area (Å²) in [5.74, 6) is 0. The van der Waals surface area contributed by atoms with Crippen molar-refractivity contribution < 1.29 is 73.9 Å². The number of hydrogen-bond acceptors (Lipinski definition) is 2. The summed E-state index contributed by atoms with van der Waals surface area (Å²) in [6.07, 6.45) is 0.493. The zero-order valence-corrected chi connectivity index (χ0v) is 11.0. The van der Waals surface area contributed by atoms with Gasteiger partial charge in [0.15, 0.2) is 0 Å². The second-order valence-electron chi connectivity index (χ2n) is 2.68. The van der Waals surface area contributed by atoms with E-state index >= 15 is 0 Å². The smallest absolute Gasteiger partial charge is 0.443 e. The van der Waals surface area contributed by atoms with E-state index in [2.05, 4.69) is 0 Å². The number of aldehydes is 1. The molecule has 0 saturated heterocycles. The third-order valence-electron chi connectivity index (χ3n) is 1.63. The van der Waals surface area contributed by atoms with Crippen molar-refractivity contribution in [3.05, 3.63) is 35.4 Å². The first kappa shape index (κ1) is 15.1. The molecular weight excluding hydrogens is 235 g/mol. The fourth-order valence-electron chi connectivity index (χ4n) is 0.915. The van der Waals surface area contributed by atoms with Crippen molar-refractivity contribution in [3.63, 3.8) is 0 Å². The summed E-state index contributed by atoms with van der Waals surface area (Å²) in [5, 5.41) is 0. The molecule has 0 amide bonds. The van der Waals surface area contributed by atoms with Gasteiger partial charge in [-0.1, -0.05) is 24.3 Å². The molecule has 0 atom stereocenters. The Balaban J connectivity index is 0.00000196. The zero-order chi connectivity index (χ0) is 10.8. The van der Waals surface area contributed by atoms with E-state index < -0.39 is 18.2 Å². The van der Waals surface area contributed by atoms with E-state index in [1.165, 1.54) is 12.1 Å². The van der Waals surface area contributed by atoms with Crippen LogP contribution in [0.2, 0.25) is 0 Å². The number of carbonyl (C=O) groups is 2. The molecule has 1 rings (SSSR count). The van der Waals surface area contributed by atoms with Gasteiger partial charge in [-0.15, -0.1) is 0 Å². The van der Waals surface area contributed by atoms with Crippen molar-refractivity contribution in [2.75, 3.05) is 0 Å². The first-order chi connectivity index (χ1) is 6.45. The van der Waals surface area contributed by atoms with Crippen LogP contribution in [0.5, 0.6) is 0 Å². The molecule has 15 heavy (non-hydrogen) atoms. The molecule has 7 heteroatoms. The Morgan fingerprint density at radius 2 is 1.60 bits per heavy atom. The van der Waals surface area contributed by atoms with Crippen molar-refractivity contribution in [1.82, 2.24) is 0 Å². The summed E-state index contributed by atoms with van der Waals surface area (Å²) in [6, 6.07) is 4.31. The van der Waals surface area contributed by atoms with Gasteiger partial charge in [0.25, 0.3) is 0 Å². The van der Waals surface area contributed by atoms with Gasteiger partial charge in [0.05, 0.1) is 0 Å². The molecule has 0 radical (unpaired) electrons. The molecule has 1 aromatic rings. The topological polar surface area (TPSA) is 34.1 Å². The summed E-state index contributed by atoms with van der Waals surface area (Å²) in [6.45, 7) is -5.50. The second-order valence-corrected chi connectivity index (χ2v) is 2.68. The molecule has 0 aliphatic rings. The molecule has 0 aromatic heterocycles. The van der Waals surface area contributed by atoms with Crippen LogP contribution in [0, 0.1) is 0 Å². The fourth-order valence-corrected chi connectivity index (χ4v) is 0.915. The summed E-state index contributed by atoms with van der Waals surface area (Å²) in [7, 11) is 0. The average molecular weight is 240 g/mol. The SMILES string of the molecule is O=Cc1ccc(C(=O)[B-](F)(F)F)cc1.[K+]. The Labute approximate surface area is 127 Å². The van der Waals surface area contributed by atoms with E-state index in [0.29, 0.717) is 6.29 Å². The van der Waals surface area contributed by atoms with Crippen LogP contribution < -0.4 is 51.4 Å². The van der Waals surface area contributed by atoms with Crippen LogP contribution in [-0.2, 0) is 0 Å². The molecule has 0 unspecified atom stereocenters. The molecular formula is C8H5BF3KO2. The summed E-state index contributed by atoms with van der Waals surface area (Å²) >= 11 is 0. The van der Waals surface area contributed by atoms with Crippen molar-refractivity contribution in [1.29, 1.82) is 0 Å². The quantitative estimate of drug-likeness (QED) is 0.505. The normalized spacial score (nSPS) is 10.3. The van der Waals surface area contributed by atoms with Gasteiger partial charge < -0.3 is 17.7 Å². The minimum absolute atomic E-state index is 0. The molecule has 74 valence electrons. The van der Waals surface area contributed by atoms with E-state index in [9.17, 15) is 22.5 Å². The van der Waals surface area contributed by atoms with Crippen molar-refractivity contribution in [3.8, 4) is 0 Å². The van der Waals surface area contributed by atoms with Crippen LogP contribution >= 0.6 is 0 Å². The second kappa shape index (κ2) is 5.95. The van der Waals surface area contributed by atoms with Crippen LogP contribution in [0.3, 0.4) is 0 Å². The predicted octanol–water partition coefficient (Wildman–Crippen LogP) is -0.928. The third kappa shape index (κ3) is 4.20. The van der Waals surface area contributed by atoms with Gasteiger partial charge in [-0.2, -0.15) is 0 Å². The van der Waals surface area contributed by atoms with E-state index in [1.807, 2.05) is 0 Å². The van der Waals surface area contributed by atoms with Gasteiger partial charge in [-0.3, -0.25) is 4.79 Å². The predicted molar refractivity (Wildman–Crippen MR) is 45.2 cm³/mol. The minimum atomic E-state index is -5.50. The largest absolute Gasteiger partial charge is 1.00 e. The van der Waals surface area contributed by atoms with Gasteiger partial charge in [0, 0.05) is 5.56 Å². The van der Waals surface area contributed by atoms with Crippen LogP contribution in [0.4, 0.5) is 12.9 Å². The zero-order valence-electron chi connectivity index (χ0n) is 7.91. The molecule has 0 aliphatic heterocycles. The summed E-state index contributed by atoms with van der Waals surface area (Å²) in [4.78, 5) is 20.9. The van der Waals surface area contributed by atoms with Crippen LogP contribution in [0.25, 0.3) is 0 Å². The molecule has 0 aliphatic carbocycles. The van der Waals surface area contributed by atoms with Gasteiger partial charge in [-0.05, 0) is 5.56 Å². The Hall–Kier alpha value is 0.0513. The molecule has 0 saturated carbocycles. The van der Waals surface area contributed by atoms with Crippen molar-refractivity contribution >= 4 is 18.9 Å². The Morgan fingerprint density at radius 3 is 1.93 bits per heavy atom. The number of hydrogen-bond donors (Lipinski definition) is 0. The van der Waals surface area contributed by atoms with E-state index in [1.54, 1.807) is 0 Å². The Kier molecular flexibility index (Phi) is 5.97. The average Bonchev–Trinajstić information content (AvgIpc) is 2.15. The Morgan fingerprint density at radius 1 is 1.13 bits per heavy atom. The molecule has 0 fully saturated rings. The number of halogens is 3. The van der Waals surface area contributed by atoms with E-state index in [0.717, 1.165) is 12.1 Å². The minimum Gasteiger partial charge on any atom is -0.443 e. The molecule has 0 bridgehead atoms. The van der Waals surface area contributed by atoms with Gasteiger partial charge in [0.1, 0.15) is 12.0 Å². The van der Waals surface area contributed by atoms with Crippen molar-refractivity contribution in [2.24, 2.45) is 0 Å². The maximum atomic E-state index is 12.0. The number of rotatable bonds is 3. The fraction of sp³-hybridized carbons (Fsp3) is 0.